The van der Waals surface area contributed by atoms with Crippen molar-refractivity contribution in [1.29, 1.82) is 5.26 Å². The van der Waals surface area contributed by atoms with Crippen LogP contribution in [0.15, 0.2) is 29.2 Å². The van der Waals surface area contributed by atoms with Crippen LogP contribution in [0, 0.1) is 11.3 Å². The van der Waals surface area contributed by atoms with E-state index in [0.717, 1.165) is 5.56 Å². The van der Waals surface area contributed by atoms with Crippen molar-refractivity contribution in [1.82, 2.24) is 4.72 Å². The predicted octanol–water partition coefficient (Wildman–Crippen LogP) is 1.19. The van der Waals surface area contributed by atoms with Gasteiger partial charge >= 0.3 is 0 Å². The van der Waals surface area contributed by atoms with Crippen molar-refractivity contribution in [3.8, 4) is 6.07 Å². The van der Waals surface area contributed by atoms with Crippen LogP contribution in [0.4, 0.5) is 0 Å². The van der Waals surface area contributed by atoms with E-state index in [4.69, 9.17) is 10.4 Å². The molecule has 19 heavy (non-hydrogen) atoms. The topological polar surface area (TPSA) is 90.2 Å². The second-order valence-electron chi connectivity index (χ2n) is 4.22. The number of hydrogen-bond donors (Lipinski definition) is 2. The number of hydrogen-bond acceptors (Lipinski definition) is 4. The van der Waals surface area contributed by atoms with Gasteiger partial charge in [-0.2, -0.15) is 5.26 Å². The van der Waals surface area contributed by atoms with Gasteiger partial charge in [-0.1, -0.05) is 19.1 Å². The Bertz CT molecular complexity index is 532. The minimum atomic E-state index is -3.57. The Hall–Kier alpha value is -1.42. The first kappa shape index (κ1) is 15.6. The molecule has 0 amide bonds. The fraction of sp³-hybridized carbons (Fsp3) is 0.462. The quantitative estimate of drug-likeness (QED) is 0.786. The van der Waals surface area contributed by atoms with Crippen LogP contribution in [0.2, 0.25) is 0 Å². The number of rotatable bonds is 7. The lowest BCUT2D eigenvalue weighted by Gasteiger charge is -2.16. The zero-order valence-corrected chi connectivity index (χ0v) is 11.7. The molecule has 0 bridgehead atoms. The normalized spacial score (nSPS) is 12.9. The van der Waals surface area contributed by atoms with E-state index in [-0.39, 0.29) is 24.0 Å². The first-order valence-electron chi connectivity index (χ1n) is 6.12. The van der Waals surface area contributed by atoms with Crippen LogP contribution in [0.1, 0.15) is 25.3 Å². The van der Waals surface area contributed by atoms with Crippen LogP contribution in [-0.2, 0) is 16.4 Å². The lowest BCUT2D eigenvalue weighted by atomic mass is 10.2. The van der Waals surface area contributed by atoms with Gasteiger partial charge in [0.2, 0.25) is 10.0 Å². The molecule has 0 fully saturated rings. The standard InChI is InChI=1S/C13H18N2O3S/c1-2-12(8-10-16)15-19(17,18)13-5-3-11(4-6-13)7-9-14/h3-6,12,15-16H,2,7-8,10H2,1H3. The van der Waals surface area contributed by atoms with E-state index in [1.807, 2.05) is 13.0 Å². The predicted molar refractivity (Wildman–Crippen MR) is 71.9 cm³/mol. The van der Waals surface area contributed by atoms with Crippen LogP contribution < -0.4 is 4.72 Å². The minimum Gasteiger partial charge on any atom is -0.396 e. The van der Waals surface area contributed by atoms with E-state index in [0.29, 0.717) is 12.8 Å². The zero-order valence-electron chi connectivity index (χ0n) is 10.8. The molecule has 1 aromatic carbocycles. The number of aliphatic hydroxyl groups excluding tert-OH is 1. The van der Waals surface area contributed by atoms with Crippen LogP contribution in [0.3, 0.4) is 0 Å². The molecule has 0 aliphatic heterocycles. The van der Waals surface area contributed by atoms with E-state index in [2.05, 4.69) is 4.72 Å². The summed E-state index contributed by atoms with van der Waals surface area (Å²) in [4.78, 5) is 0.172. The van der Waals surface area contributed by atoms with Crippen molar-refractivity contribution in [3.63, 3.8) is 0 Å². The number of aliphatic hydroxyl groups is 1. The number of nitrogens with zero attached hydrogens (tertiary/aromatic N) is 1. The lowest BCUT2D eigenvalue weighted by molar-refractivity contribution is 0.270. The number of nitriles is 1. The summed E-state index contributed by atoms with van der Waals surface area (Å²) >= 11 is 0. The Kier molecular flexibility index (Phi) is 5.96. The molecule has 104 valence electrons. The first-order valence-corrected chi connectivity index (χ1v) is 7.61. The number of sulfonamides is 1. The number of nitrogens with one attached hydrogen (secondary N) is 1. The van der Waals surface area contributed by atoms with Gasteiger partial charge in [0.15, 0.2) is 0 Å². The molecule has 0 spiro atoms. The lowest BCUT2D eigenvalue weighted by Crippen LogP contribution is -2.35. The molecule has 1 aromatic rings. The van der Waals surface area contributed by atoms with E-state index < -0.39 is 10.0 Å². The molecule has 0 aliphatic carbocycles. The molecular weight excluding hydrogens is 264 g/mol. The molecule has 2 N–H and O–H groups in total. The Balaban J connectivity index is 2.85. The third-order valence-electron chi connectivity index (χ3n) is 2.81. The fourth-order valence-electron chi connectivity index (χ4n) is 1.67. The molecule has 0 heterocycles. The molecule has 1 atom stereocenters. The molecule has 0 saturated heterocycles. The Morgan fingerprint density at radius 3 is 2.47 bits per heavy atom. The summed E-state index contributed by atoms with van der Waals surface area (Å²) < 4.78 is 26.7. The molecule has 0 saturated carbocycles. The van der Waals surface area contributed by atoms with E-state index in [9.17, 15) is 8.42 Å². The van der Waals surface area contributed by atoms with Gasteiger partial charge in [-0.25, -0.2) is 13.1 Å². The second kappa shape index (κ2) is 7.24. The van der Waals surface area contributed by atoms with Crippen molar-refractivity contribution < 1.29 is 13.5 Å². The monoisotopic (exact) mass is 282 g/mol. The SMILES string of the molecule is CCC(CCO)NS(=O)(=O)c1ccc(CC#N)cc1. The summed E-state index contributed by atoms with van der Waals surface area (Å²) in [5.41, 5.74) is 0.781. The maximum atomic E-state index is 12.1. The highest BCUT2D eigenvalue weighted by Gasteiger charge is 2.18. The van der Waals surface area contributed by atoms with Gasteiger partial charge in [0, 0.05) is 12.6 Å². The average Bonchev–Trinajstić information content (AvgIpc) is 2.39. The zero-order chi connectivity index (χ0) is 14.3. The average molecular weight is 282 g/mol. The molecular formula is C13H18N2O3S. The molecule has 0 radical (unpaired) electrons. The van der Waals surface area contributed by atoms with Crippen LogP contribution in [0.25, 0.3) is 0 Å². The summed E-state index contributed by atoms with van der Waals surface area (Å²) in [6.45, 7) is 1.81. The molecule has 5 nitrogen and oxygen atoms in total. The molecule has 1 unspecified atom stereocenters. The van der Waals surface area contributed by atoms with Crippen molar-refractivity contribution in [2.75, 3.05) is 6.61 Å². The summed E-state index contributed by atoms with van der Waals surface area (Å²) in [5.74, 6) is 0. The van der Waals surface area contributed by atoms with Crippen molar-refractivity contribution in [2.45, 2.75) is 37.1 Å². The summed E-state index contributed by atoms with van der Waals surface area (Å²) in [6, 6.07) is 7.97. The molecule has 1 rings (SSSR count). The fourth-order valence-corrected chi connectivity index (χ4v) is 3.02. The highest BCUT2D eigenvalue weighted by atomic mass is 32.2. The maximum Gasteiger partial charge on any atom is 0.240 e. The van der Waals surface area contributed by atoms with E-state index in [1.54, 1.807) is 12.1 Å². The summed E-state index contributed by atoms with van der Waals surface area (Å²) in [5, 5.41) is 17.4. The highest BCUT2D eigenvalue weighted by Crippen LogP contribution is 2.12. The summed E-state index contributed by atoms with van der Waals surface area (Å²) in [7, 11) is -3.57. The van der Waals surface area contributed by atoms with Crippen molar-refractivity contribution in [2.24, 2.45) is 0 Å². The summed E-state index contributed by atoms with van der Waals surface area (Å²) in [6.07, 6.45) is 1.27. The Labute approximate surface area is 113 Å². The van der Waals surface area contributed by atoms with Crippen molar-refractivity contribution in [3.05, 3.63) is 29.8 Å². The first-order chi connectivity index (χ1) is 9.03. The largest absolute Gasteiger partial charge is 0.396 e. The molecule has 0 aliphatic rings. The number of benzene rings is 1. The van der Waals surface area contributed by atoms with Gasteiger partial charge < -0.3 is 5.11 Å². The Morgan fingerprint density at radius 1 is 1.37 bits per heavy atom. The van der Waals surface area contributed by atoms with E-state index in [1.165, 1.54) is 12.1 Å². The smallest absolute Gasteiger partial charge is 0.240 e. The van der Waals surface area contributed by atoms with Gasteiger partial charge in [0.25, 0.3) is 0 Å². The van der Waals surface area contributed by atoms with Gasteiger partial charge in [-0.05, 0) is 30.5 Å². The van der Waals surface area contributed by atoms with Gasteiger partial charge in [0.1, 0.15) is 0 Å². The maximum absolute atomic E-state index is 12.1. The Morgan fingerprint density at radius 2 is 2.00 bits per heavy atom. The highest BCUT2D eigenvalue weighted by molar-refractivity contribution is 7.89. The van der Waals surface area contributed by atoms with E-state index >= 15 is 0 Å². The minimum absolute atomic E-state index is 0.0534. The molecule has 6 heteroatoms. The second-order valence-corrected chi connectivity index (χ2v) is 5.93. The van der Waals surface area contributed by atoms with Crippen LogP contribution >= 0.6 is 0 Å². The van der Waals surface area contributed by atoms with Crippen LogP contribution in [-0.4, -0.2) is 26.2 Å². The third-order valence-corrected chi connectivity index (χ3v) is 4.35. The van der Waals surface area contributed by atoms with Crippen molar-refractivity contribution >= 4 is 10.0 Å². The third kappa shape index (κ3) is 4.63. The van der Waals surface area contributed by atoms with Gasteiger partial charge in [-0.3, -0.25) is 0 Å². The van der Waals surface area contributed by atoms with Crippen LogP contribution in [0.5, 0.6) is 0 Å². The van der Waals surface area contributed by atoms with Gasteiger partial charge in [-0.15, -0.1) is 0 Å². The molecule has 0 aromatic heterocycles. The van der Waals surface area contributed by atoms with Gasteiger partial charge in [0.05, 0.1) is 17.4 Å².